The largest absolute Gasteiger partial charge is 0.389 e. The van der Waals surface area contributed by atoms with Crippen molar-refractivity contribution in [2.45, 2.75) is 39.3 Å². The second kappa shape index (κ2) is 7.12. The summed E-state index contributed by atoms with van der Waals surface area (Å²) in [5, 5.41) is 13.2. The van der Waals surface area contributed by atoms with Gasteiger partial charge in [0.15, 0.2) is 0 Å². The van der Waals surface area contributed by atoms with Crippen molar-refractivity contribution in [3.63, 3.8) is 0 Å². The van der Waals surface area contributed by atoms with Gasteiger partial charge < -0.3 is 15.2 Å². The van der Waals surface area contributed by atoms with Gasteiger partial charge in [-0.05, 0) is 47.8 Å². The van der Waals surface area contributed by atoms with E-state index in [2.05, 4.69) is 30.2 Å². The monoisotopic (exact) mass is 316 g/mol. The Morgan fingerprint density at radius 2 is 2.30 bits per heavy atom. The van der Waals surface area contributed by atoms with E-state index in [-0.39, 0.29) is 0 Å². The van der Waals surface area contributed by atoms with Crippen molar-refractivity contribution in [1.82, 2.24) is 10.3 Å². The maximum absolute atomic E-state index is 10.0. The first kappa shape index (κ1) is 16.6. The Kier molecular flexibility index (Phi) is 5.14. The lowest BCUT2D eigenvalue weighted by Crippen LogP contribution is -2.48. The van der Waals surface area contributed by atoms with Gasteiger partial charge in [-0.25, -0.2) is 0 Å². The van der Waals surface area contributed by atoms with Crippen LogP contribution in [0.1, 0.15) is 32.4 Å². The van der Waals surface area contributed by atoms with Crippen LogP contribution >= 0.6 is 0 Å². The van der Waals surface area contributed by atoms with Crippen LogP contribution in [-0.4, -0.2) is 36.0 Å². The summed E-state index contributed by atoms with van der Waals surface area (Å²) in [7, 11) is 0. The molecule has 4 nitrogen and oxygen atoms in total. The minimum Gasteiger partial charge on any atom is -0.389 e. The van der Waals surface area contributed by atoms with Gasteiger partial charge in [0.25, 0.3) is 0 Å². The normalized spacial score (nSPS) is 26.3. The van der Waals surface area contributed by atoms with Crippen LogP contribution in [0.5, 0.6) is 0 Å². The molecule has 126 valence electrons. The Labute approximate surface area is 139 Å². The van der Waals surface area contributed by atoms with Crippen molar-refractivity contribution in [2.75, 3.05) is 19.8 Å². The molecule has 1 aromatic rings. The summed E-state index contributed by atoms with van der Waals surface area (Å²) in [6.07, 6.45) is 6.16. The second-order valence-electron chi connectivity index (χ2n) is 7.44. The second-order valence-corrected chi connectivity index (χ2v) is 7.44. The molecule has 2 N–H and O–H groups in total. The highest BCUT2D eigenvalue weighted by Gasteiger charge is 2.50. The van der Waals surface area contributed by atoms with Crippen LogP contribution in [0.2, 0.25) is 0 Å². The van der Waals surface area contributed by atoms with Crippen LogP contribution in [0.3, 0.4) is 0 Å². The highest BCUT2D eigenvalue weighted by atomic mass is 16.5. The molecule has 4 heteroatoms. The fraction of sp³-hybridized carbons (Fsp3) is 0.632. The number of aromatic nitrogens is 1. The number of rotatable bonds is 8. The number of aliphatic hydroxyl groups excluding tert-OH is 1. The molecule has 1 saturated carbocycles. The van der Waals surface area contributed by atoms with Gasteiger partial charge in [-0.1, -0.05) is 26.0 Å². The summed E-state index contributed by atoms with van der Waals surface area (Å²) in [4.78, 5) is 4.24. The maximum Gasteiger partial charge on any atom is 0.0897 e. The summed E-state index contributed by atoms with van der Waals surface area (Å²) >= 11 is 0. The van der Waals surface area contributed by atoms with Crippen LogP contribution in [-0.2, 0) is 11.3 Å². The fourth-order valence-corrected chi connectivity index (χ4v) is 3.88. The third-order valence-corrected chi connectivity index (χ3v) is 5.57. The molecule has 0 unspecified atom stereocenters. The molecule has 4 rings (SSSR count). The molecule has 1 aromatic heterocycles. The van der Waals surface area contributed by atoms with Crippen molar-refractivity contribution in [3.8, 4) is 0 Å². The molecule has 0 aromatic carbocycles. The molecule has 0 radical (unpaired) electrons. The first-order valence-electron chi connectivity index (χ1n) is 8.62. The van der Waals surface area contributed by atoms with Crippen LogP contribution in [0.15, 0.2) is 36.0 Å². The van der Waals surface area contributed by atoms with E-state index in [9.17, 15) is 5.11 Å². The van der Waals surface area contributed by atoms with Gasteiger partial charge >= 0.3 is 0 Å². The molecular weight excluding hydrogens is 288 g/mol. The molecular formula is C19H28N2O2. The molecule has 0 amide bonds. The number of nitrogens with zero attached hydrogens (tertiary/aromatic N) is 1. The lowest BCUT2D eigenvalue weighted by atomic mass is 9.49. The van der Waals surface area contributed by atoms with Gasteiger partial charge in [-0.15, -0.1) is 0 Å². The first-order chi connectivity index (χ1) is 11.1. The van der Waals surface area contributed by atoms with Gasteiger partial charge in [-0.3, -0.25) is 4.98 Å². The fourth-order valence-electron chi connectivity index (χ4n) is 3.88. The Bertz CT molecular complexity index is 542. The molecule has 0 aliphatic heterocycles. The molecule has 0 spiro atoms. The standard InChI is InChI=1S/C19H28N2O2/c1-19(2)15-7-6-14(18(19)9-15)12-23-13-17(22)11-20-10-16-5-3-4-8-21-16/h3-6,8,15,17-18,20,22H,7,9-13H2,1-2H3/t15-,17-,18-/m1/s1. The third-order valence-electron chi connectivity index (χ3n) is 5.57. The van der Waals surface area contributed by atoms with Crippen molar-refractivity contribution < 1.29 is 9.84 Å². The number of allylic oxidation sites excluding steroid dienone is 1. The zero-order valence-electron chi connectivity index (χ0n) is 14.2. The number of nitrogens with one attached hydrogen (secondary N) is 1. The number of pyridine rings is 1. The predicted molar refractivity (Wildman–Crippen MR) is 90.8 cm³/mol. The SMILES string of the molecule is CC1(C)[C@@H]2CC=C(COC[C@H](O)CNCc3ccccn3)[C@H]1C2. The minimum absolute atomic E-state index is 0.378. The summed E-state index contributed by atoms with van der Waals surface area (Å²) in [5.41, 5.74) is 2.86. The smallest absolute Gasteiger partial charge is 0.0897 e. The van der Waals surface area contributed by atoms with Gasteiger partial charge in [0.2, 0.25) is 0 Å². The van der Waals surface area contributed by atoms with Gasteiger partial charge in [0.1, 0.15) is 0 Å². The zero-order valence-corrected chi connectivity index (χ0v) is 14.2. The Morgan fingerprint density at radius 1 is 1.43 bits per heavy atom. The quantitative estimate of drug-likeness (QED) is 0.724. The van der Waals surface area contributed by atoms with E-state index in [1.807, 2.05) is 18.2 Å². The summed E-state index contributed by atoms with van der Waals surface area (Å²) < 4.78 is 5.75. The summed E-state index contributed by atoms with van der Waals surface area (Å²) in [6.45, 7) is 6.97. The third kappa shape index (κ3) is 3.82. The molecule has 0 saturated heterocycles. The van der Waals surface area contributed by atoms with E-state index >= 15 is 0 Å². The maximum atomic E-state index is 10.0. The molecule has 1 heterocycles. The highest BCUT2D eigenvalue weighted by Crippen LogP contribution is 2.59. The molecule has 23 heavy (non-hydrogen) atoms. The molecule has 2 bridgehead atoms. The van der Waals surface area contributed by atoms with Crippen molar-refractivity contribution in [2.24, 2.45) is 17.3 Å². The van der Waals surface area contributed by atoms with E-state index in [0.29, 0.717) is 37.6 Å². The highest BCUT2D eigenvalue weighted by molar-refractivity contribution is 5.23. The van der Waals surface area contributed by atoms with Gasteiger partial charge in [-0.2, -0.15) is 0 Å². The van der Waals surface area contributed by atoms with Crippen LogP contribution in [0, 0.1) is 17.3 Å². The summed E-state index contributed by atoms with van der Waals surface area (Å²) in [5.74, 6) is 1.54. The molecule has 1 fully saturated rings. The van der Waals surface area contributed by atoms with E-state index in [1.165, 1.54) is 18.4 Å². The van der Waals surface area contributed by atoms with Gasteiger partial charge in [0, 0.05) is 19.3 Å². The average molecular weight is 316 g/mol. The Hall–Kier alpha value is -1.23. The van der Waals surface area contributed by atoms with E-state index in [1.54, 1.807) is 6.20 Å². The number of hydrogen-bond acceptors (Lipinski definition) is 4. The number of fused-ring (bicyclic) bond motifs is 1. The molecule has 3 atom stereocenters. The van der Waals surface area contributed by atoms with Crippen molar-refractivity contribution >= 4 is 0 Å². The first-order valence-corrected chi connectivity index (χ1v) is 8.62. The average Bonchev–Trinajstić information content (AvgIpc) is 2.56. The Morgan fingerprint density at radius 3 is 3.00 bits per heavy atom. The van der Waals surface area contributed by atoms with Crippen molar-refractivity contribution in [1.29, 1.82) is 0 Å². The van der Waals surface area contributed by atoms with Crippen LogP contribution in [0.4, 0.5) is 0 Å². The van der Waals surface area contributed by atoms with Crippen LogP contribution in [0.25, 0.3) is 0 Å². The lowest BCUT2D eigenvalue weighted by molar-refractivity contribution is -0.0235. The van der Waals surface area contributed by atoms with E-state index < -0.39 is 6.10 Å². The van der Waals surface area contributed by atoms with Crippen molar-refractivity contribution in [3.05, 3.63) is 41.7 Å². The molecule has 3 aliphatic carbocycles. The van der Waals surface area contributed by atoms with Crippen LogP contribution < -0.4 is 5.32 Å². The van der Waals surface area contributed by atoms with E-state index in [0.717, 1.165) is 11.6 Å². The topological polar surface area (TPSA) is 54.4 Å². The molecule has 3 aliphatic rings. The van der Waals surface area contributed by atoms with E-state index in [4.69, 9.17) is 4.74 Å². The minimum atomic E-state index is -0.481. The van der Waals surface area contributed by atoms with Gasteiger partial charge in [0.05, 0.1) is 25.0 Å². The summed E-state index contributed by atoms with van der Waals surface area (Å²) in [6, 6.07) is 5.84. The number of hydrogen-bond donors (Lipinski definition) is 2. The number of aliphatic hydroxyl groups is 1. The number of ether oxygens (including phenoxy) is 1. The Balaban J connectivity index is 1.32. The predicted octanol–water partition coefficient (Wildman–Crippen LogP) is 2.54. The lowest BCUT2D eigenvalue weighted by Gasteiger charge is -2.56. The zero-order chi connectivity index (χ0) is 16.3.